The minimum absolute atomic E-state index is 0.0541. The van der Waals surface area contributed by atoms with Gasteiger partial charge in [0.2, 0.25) is 15.9 Å². The summed E-state index contributed by atoms with van der Waals surface area (Å²) in [5.41, 5.74) is 0. The van der Waals surface area contributed by atoms with E-state index in [1.165, 1.54) is 23.9 Å². The summed E-state index contributed by atoms with van der Waals surface area (Å²) in [4.78, 5) is 12.2. The predicted octanol–water partition coefficient (Wildman–Crippen LogP) is 3.24. The Morgan fingerprint density at radius 3 is 2.46 bits per heavy atom. The molecule has 0 radical (unpaired) electrons. The minimum Gasteiger partial charge on any atom is -0.354 e. The van der Waals surface area contributed by atoms with Crippen LogP contribution in [0.2, 0.25) is 15.1 Å². The van der Waals surface area contributed by atoms with E-state index in [0.29, 0.717) is 18.2 Å². The summed E-state index contributed by atoms with van der Waals surface area (Å²) in [5.74, 6) is 0.822. The number of benzene rings is 1. The molecule has 2 fully saturated rings. The van der Waals surface area contributed by atoms with Gasteiger partial charge in [0.25, 0.3) is 0 Å². The number of amides is 1. The van der Waals surface area contributed by atoms with Crippen molar-refractivity contribution in [2.75, 3.05) is 18.2 Å². The Kier molecular flexibility index (Phi) is 5.59. The van der Waals surface area contributed by atoms with Crippen LogP contribution >= 0.6 is 46.6 Å². The Morgan fingerprint density at radius 2 is 1.88 bits per heavy atom. The third-order valence-corrected chi connectivity index (χ3v) is 8.11. The Labute approximate surface area is 160 Å². The van der Waals surface area contributed by atoms with E-state index in [-0.39, 0.29) is 31.7 Å². The van der Waals surface area contributed by atoms with Gasteiger partial charge >= 0.3 is 0 Å². The molecule has 1 atom stereocenters. The van der Waals surface area contributed by atoms with Crippen molar-refractivity contribution in [3.8, 4) is 0 Å². The first-order valence-corrected chi connectivity index (χ1v) is 11.1. The summed E-state index contributed by atoms with van der Waals surface area (Å²) in [7, 11) is -4.00. The zero-order valence-corrected chi connectivity index (χ0v) is 16.4. The van der Waals surface area contributed by atoms with Gasteiger partial charge in [0.15, 0.2) is 0 Å². The number of nitrogens with one attached hydrogen (secondary N) is 1. The molecule has 1 saturated carbocycles. The van der Waals surface area contributed by atoms with Crippen molar-refractivity contribution in [2.24, 2.45) is 5.92 Å². The molecule has 0 spiro atoms. The van der Waals surface area contributed by atoms with Gasteiger partial charge in [-0.3, -0.25) is 4.79 Å². The first-order chi connectivity index (χ1) is 11.3. The molecule has 132 valence electrons. The van der Waals surface area contributed by atoms with Crippen molar-refractivity contribution in [1.82, 2.24) is 9.62 Å². The molecule has 1 heterocycles. The maximum atomic E-state index is 13.0. The first-order valence-electron chi connectivity index (χ1n) is 7.32. The number of rotatable bonds is 5. The zero-order chi connectivity index (χ0) is 17.5. The molecule has 5 nitrogen and oxygen atoms in total. The van der Waals surface area contributed by atoms with Gasteiger partial charge in [0, 0.05) is 17.3 Å². The fourth-order valence-electron chi connectivity index (χ4n) is 2.45. The molecule has 3 rings (SSSR count). The van der Waals surface area contributed by atoms with Crippen molar-refractivity contribution < 1.29 is 13.2 Å². The molecule has 24 heavy (non-hydrogen) atoms. The molecule has 1 aromatic carbocycles. The Hall–Kier alpha value is -0.180. The Morgan fingerprint density at radius 1 is 1.25 bits per heavy atom. The molecule has 0 aromatic heterocycles. The topological polar surface area (TPSA) is 66.5 Å². The number of carbonyl (C=O) groups is 1. The van der Waals surface area contributed by atoms with Crippen molar-refractivity contribution in [1.29, 1.82) is 0 Å². The predicted molar refractivity (Wildman–Crippen MR) is 97.3 cm³/mol. The molecule has 0 bridgehead atoms. The second-order valence-electron chi connectivity index (χ2n) is 5.79. The summed E-state index contributed by atoms with van der Waals surface area (Å²) in [6.07, 6.45) is 2.22. The minimum atomic E-state index is -4.00. The van der Waals surface area contributed by atoms with Crippen LogP contribution in [-0.2, 0) is 14.8 Å². The Bertz CT molecular complexity index is 746. The van der Waals surface area contributed by atoms with E-state index in [1.54, 1.807) is 0 Å². The standard InChI is InChI=1S/C14H15Cl3N2O3S2/c15-9-3-10(16)13(11(17)4-9)24(21,22)19-7-23-6-12(19)14(20)18-5-8-1-2-8/h3-4,8,12H,1-2,5-7H2,(H,18,20). The average Bonchev–Trinajstić information content (AvgIpc) is 3.16. The monoisotopic (exact) mass is 428 g/mol. The van der Waals surface area contributed by atoms with Crippen LogP contribution in [0.25, 0.3) is 0 Å². The molecule has 1 N–H and O–H groups in total. The first kappa shape index (κ1) is 18.6. The Balaban J connectivity index is 1.86. The van der Waals surface area contributed by atoms with Crippen LogP contribution in [0.5, 0.6) is 0 Å². The van der Waals surface area contributed by atoms with Gasteiger partial charge in [0.05, 0.1) is 15.9 Å². The van der Waals surface area contributed by atoms with Crippen molar-refractivity contribution >= 4 is 62.5 Å². The highest BCUT2D eigenvalue weighted by Crippen LogP contribution is 2.37. The van der Waals surface area contributed by atoms with E-state index in [2.05, 4.69) is 5.32 Å². The quantitative estimate of drug-likeness (QED) is 0.780. The molecule has 10 heteroatoms. The molecule has 2 aliphatic rings. The van der Waals surface area contributed by atoms with Crippen LogP contribution < -0.4 is 5.32 Å². The molecule has 1 aliphatic heterocycles. The van der Waals surface area contributed by atoms with E-state index in [1.807, 2.05) is 0 Å². The molecule has 1 unspecified atom stereocenters. The number of thioether (sulfide) groups is 1. The molecule has 1 amide bonds. The fourth-order valence-corrected chi connectivity index (χ4v) is 7.09. The number of hydrogen-bond acceptors (Lipinski definition) is 4. The fraction of sp³-hybridized carbons (Fsp3) is 0.500. The second-order valence-corrected chi connectivity index (χ2v) is 9.87. The third kappa shape index (κ3) is 3.81. The summed E-state index contributed by atoms with van der Waals surface area (Å²) in [5, 5.41) is 2.97. The van der Waals surface area contributed by atoms with E-state index < -0.39 is 16.1 Å². The van der Waals surface area contributed by atoms with Crippen LogP contribution in [0.1, 0.15) is 12.8 Å². The summed E-state index contributed by atoms with van der Waals surface area (Å²) in [6.45, 7) is 0.594. The van der Waals surface area contributed by atoms with Crippen LogP contribution in [-0.4, -0.2) is 42.8 Å². The van der Waals surface area contributed by atoms with Crippen LogP contribution in [0.15, 0.2) is 17.0 Å². The molecule has 1 aliphatic carbocycles. The van der Waals surface area contributed by atoms with Crippen molar-refractivity contribution in [3.05, 3.63) is 27.2 Å². The van der Waals surface area contributed by atoms with Gasteiger partial charge in [-0.2, -0.15) is 4.31 Å². The van der Waals surface area contributed by atoms with E-state index in [9.17, 15) is 13.2 Å². The number of halogens is 3. The lowest BCUT2D eigenvalue weighted by Crippen LogP contribution is -2.47. The summed E-state index contributed by atoms with van der Waals surface area (Å²) >= 11 is 19.3. The van der Waals surface area contributed by atoms with Gasteiger partial charge in [-0.25, -0.2) is 8.42 Å². The lowest BCUT2D eigenvalue weighted by atomic mass is 10.3. The van der Waals surface area contributed by atoms with Crippen molar-refractivity contribution in [3.63, 3.8) is 0 Å². The molecule has 1 saturated heterocycles. The van der Waals surface area contributed by atoms with Gasteiger partial charge in [-0.05, 0) is 30.9 Å². The molecular formula is C14H15Cl3N2O3S2. The van der Waals surface area contributed by atoms with E-state index >= 15 is 0 Å². The number of hydrogen-bond donors (Lipinski definition) is 1. The van der Waals surface area contributed by atoms with Crippen LogP contribution in [0.4, 0.5) is 0 Å². The highest BCUT2D eigenvalue weighted by Gasteiger charge is 2.42. The van der Waals surface area contributed by atoms with Crippen LogP contribution in [0, 0.1) is 5.92 Å². The summed E-state index contributed by atoms with van der Waals surface area (Å²) < 4.78 is 27.1. The highest BCUT2D eigenvalue weighted by molar-refractivity contribution is 8.00. The third-order valence-electron chi connectivity index (χ3n) is 3.94. The maximum absolute atomic E-state index is 13.0. The normalized spacial score (nSPS) is 21.9. The number of nitrogens with zero attached hydrogens (tertiary/aromatic N) is 1. The lowest BCUT2D eigenvalue weighted by Gasteiger charge is -2.23. The van der Waals surface area contributed by atoms with E-state index in [4.69, 9.17) is 34.8 Å². The van der Waals surface area contributed by atoms with Gasteiger partial charge in [-0.1, -0.05) is 34.8 Å². The maximum Gasteiger partial charge on any atom is 0.247 e. The van der Waals surface area contributed by atoms with Gasteiger partial charge < -0.3 is 5.32 Å². The second kappa shape index (κ2) is 7.21. The average molecular weight is 430 g/mol. The lowest BCUT2D eigenvalue weighted by molar-refractivity contribution is -0.123. The number of carbonyl (C=O) groups excluding carboxylic acids is 1. The molecule has 1 aromatic rings. The van der Waals surface area contributed by atoms with Crippen molar-refractivity contribution in [2.45, 2.75) is 23.8 Å². The smallest absolute Gasteiger partial charge is 0.247 e. The molecular weight excluding hydrogens is 415 g/mol. The SMILES string of the molecule is O=C(NCC1CC1)C1CSCN1S(=O)(=O)c1c(Cl)cc(Cl)cc1Cl. The van der Waals surface area contributed by atoms with Crippen LogP contribution in [0.3, 0.4) is 0 Å². The van der Waals surface area contributed by atoms with E-state index in [0.717, 1.165) is 17.1 Å². The summed E-state index contributed by atoms with van der Waals surface area (Å²) in [6, 6.07) is 1.89. The zero-order valence-electron chi connectivity index (χ0n) is 12.5. The number of sulfonamides is 1. The largest absolute Gasteiger partial charge is 0.354 e. The highest BCUT2D eigenvalue weighted by atomic mass is 35.5. The van der Waals surface area contributed by atoms with Gasteiger partial charge in [0.1, 0.15) is 10.9 Å². The van der Waals surface area contributed by atoms with Gasteiger partial charge in [-0.15, -0.1) is 11.8 Å².